The second-order valence-electron chi connectivity index (χ2n) is 6.25. The number of aryl methyl sites for hydroxylation is 3. The average molecular weight is 316 g/mol. The largest absolute Gasteiger partial charge is 0.370 e. The minimum atomic E-state index is -0.0460. The number of nitrogens with two attached hydrogens (primary N) is 1. The third-order valence-electron chi connectivity index (χ3n) is 4.36. The van der Waals surface area contributed by atoms with Gasteiger partial charge in [-0.2, -0.15) is 10.2 Å². The van der Waals surface area contributed by atoms with Crippen molar-refractivity contribution >= 4 is 5.69 Å². The normalized spacial score (nSPS) is 17.8. The molecule has 23 heavy (non-hydrogen) atoms. The molecule has 0 aromatic carbocycles. The van der Waals surface area contributed by atoms with Crippen LogP contribution in [-0.4, -0.2) is 39.2 Å². The molecule has 7 nitrogen and oxygen atoms in total. The summed E-state index contributed by atoms with van der Waals surface area (Å²) < 4.78 is 3.42. The molecule has 0 bridgehead atoms. The van der Waals surface area contributed by atoms with Gasteiger partial charge in [-0.1, -0.05) is 0 Å². The third kappa shape index (κ3) is 3.79. The molecule has 7 heteroatoms. The van der Waals surface area contributed by atoms with E-state index in [0.29, 0.717) is 19.0 Å². The summed E-state index contributed by atoms with van der Waals surface area (Å²) in [5, 5.41) is 8.55. The predicted molar refractivity (Wildman–Crippen MR) is 89.5 cm³/mol. The molecule has 1 unspecified atom stereocenters. The molecule has 124 valence electrons. The van der Waals surface area contributed by atoms with Crippen molar-refractivity contribution in [2.45, 2.75) is 32.9 Å². The standard InChI is InChI=1S/C16H24N6O/c1-13-9-18-21(11-13)4-2-5-22-16(23)7-15(10-19-22)20-6-3-14(8-17)12-20/h7,9-11,14H,2-6,8,12,17H2,1H3. The molecule has 2 aromatic heterocycles. The van der Waals surface area contributed by atoms with Gasteiger partial charge in [0.05, 0.1) is 18.1 Å². The summed E-state index contributed by atoms with van der Waals surface area (Å²) in [5.41, 5.74) is 7.72. The number of nitrogens with zero attached hydrogens (tertiary/aromatic N) is 5. The zero-order valence-corrected chi connectivity index (χ0v) is 13.6. The summed E-state index contributed by atoms with van der Waals surface area (Å²) in [6, 6.07) is 1.68. The number of anilines is 1. The van der Waals surface area contributed by atoms with Crippen molar-refractivity contribution in [3.05, 3.63) is 40.6 Å². The van der Waals surface area contributed by atoms with E-state index in [0.717, 1.165) is 43.7 Å². The van der Waals surface area contributed by atoms with E-state index in [-0.39, 0.29) is 5.56 Å². The van der Waals surface area contributed by atoms with Gasteiger partial charge in [0.2, 0.25) is 0 Å². The Morgan fingerprint density at radius 2 is 2.17 bits per heavy atom. The first-order valence-electron chi connectivity index (χ1n) is 8.17. The molecule has 1 fully saturated rings. The SMILES string of the molecule is Cc1cnn(CCCn2ncc(N3CCC(CN)C3)cc2=O)c1. The Bertz CT molecular complexity index is 707. The van der Waals surface area contributed by atoms with Gasteiger partial charge in [0, 0.05) is 38.4 Å². The van der Waals surface area contributed by atoms with Crippen LogP contribution in [0, 0.1) is 12.8 Å². The highest BCUT2D eigenvalue weighted by Crippen LogP contribution is 2.21. The Balaban J connectivity index is 1.58. The predicted octanol–water partition coefficient (Wildman–Crippen LogP) is 0.624. The molecule has 0 aliphatic carbocycles. The van der Waals surface area contributed by atoms with Gasteiger partial charge in [-0.15, -0.1) is 0 Å². The first-order valence-corrected chi connectivity index (χ1v) is 8.17. The molecule has 3 rings (SSSR count). The fourth-order valence-electron chi connectivity index (χ4n) is 3.00. The lowest BCUT2D eigenvalue weighted by Gasteiger charge is -2.18. The quantitative estimate of drug-likeness (QED) is 0.845. The summed E-state index contributed by atoms with van der Waals surface area (Å²) in [6.45, 7) is 5.97. The molecule has 0 spiro atoms. The number of hydrogen-bond donors (Lipinski definition) is 1. The van der Waals surface area contributed by atoms with Crippen LogP contribution < -0.4 is 16.2 Å². The maximum atomic E-state index is 12.2. The van der Waals surface area contributed by atoms with Crippen LogP contribution in [-0.2, 0) is 13.1 Å². The van der Waals surface area contributed by atoms with E-state index in [1.54, 1.807) is 12.3 Å². The maximum absolute atomic E-state index is 12.2. The Labute approximate surface area is 135 Å². The molecule has 3 heterocycles. The van der Waals surface area contributed by atoms with Crippen molar-refractivity contribution in [3.63, 3.8) is 0 Å². The van der Waals surface area contributed by atoms with Crippen molar-refractivity contribution in [3.8, 4) is 0 Å². The van der Waals surface area contributed by atoms with Gasteiger partial charge in [-0.25, -0.2) is 4.68 Å². The Morgan fingerprint density at radius 3 is 2.83 bits per heavy atom. The van der Waals surface area contributed by atoms with Gasteiger partial charge in [0.15, 0.2) is 0 Å². The number of hydrogen-bond acceptors (Lipinski definition) is 5. The van der Waals surface area contributed by atoms with Crippen LogP contribution in [0.2, 0.25) is 0 Å². The molecule has 1 atom stereocenters. The topological polar surface area (TPSA) is 82.0 Å². The van der Waals surface area contributed by atoms with Crippen LogP contribution in [0.15, 0.2) is 29.5 Å². The summed E-state index contributed by atoms with van der Waals surface area (Å²) in [4.78, 5) is 14.4. The van der Waals surface area contributed by atoms with Crippen molar-refractivity contribution in [2.75, 3.05) is 24.5 Å². The molecule has 0 amide bonds. The lowest BCUT2D eigenvalue weighted by molar-refractivity contribution is 0.485. The third-order valence-corrected chi connectivity index (χ3v) is 4.36. The van der Waals surface area contributed by atoms with Gasteiger partial charge in [-0.3, -0.25) is 9.48 Å². The number of aromatic nitrogens is 4. The van der Waals surface area contributed by atoms with Gasteiger partial charge in [0.25, 0.3) is 5.56 Å². The first-order chi connectivity index (χ1) is 11.2. The lowest BCUT2D eigenvalue weighted by Crippen LogP contribution is -2.27. The monoisotopic (exact) mass is 316 g/mol. The van der Waals surface area contributed by atoms with E-state index in [1.165, 1.54) is 4.68 Å². The van der Waals surface area contributed by atoms with E-state index in [2.05, 4.69) is 15.1 Å². The summed E-state index contributed by atoms with van der Waals surface area (Å²) in [6.07, 6.45) is 7.54. The Kier molecular flexibility index (Phi) is 4.76. The smallest absolute Gasteiger partial charge is 0.268 e. The van der Waals surface area contributed by atoms with Crippen molar-refractivity contribution < 1.29 is 0 Å². The van der Waals surface area contributed by atoms with Crippen molar-refractivity contribution in [2.24, 2.45) is 11.7 Å². The van der Waals surface area contributed by atoms with Crippen LogP contribution in [0.25, 0.3) is 0 Å². The minimum Gasteiger partial charge on any atom is -0.370 e. The molecular weight excluding hydrogens is 292 g/mol. The second-order valence-corrected chi connectivity index (χ2v) is 6.25. The Hall–Kier alpha value is -2.15. The van der Waals surface area contributed by atoms with Crippen molar-refractivity contribution in [1.82, 2.24) is 19.6 Å². The first kappa shape index (κ1) is 15.7. The molecule has 0 saturated carbocycles. The molecule has 1 aliphatic rings. The van der Waals surface area contributed by atoms with E-state index < -0.39 is 0 Å². The average Bonchev–Trinajstić information content (AvgIpc) is 3.18. The molecule has 1 aliphatic heterocycles. The Morgan fingerprint density at radius 1 is 1.30 bits per heavy atom. The van der Waals surface area contributed by atoms with E-state index >= 15 is 0 Å². The summed E-state index contributed by atoms with van der Waals surface area (Å²) in [5.74, 6) is 0.523. The van der Waals surface area contributed by atoms with Crippen LogP contribution in [0.5, 0.6) is 0 Å². The van der Waals surface area contributed by atoms with Crippen LogP contribution in [0.1, 0.15) is 18.4 Å². The van der Waals surface area contributed by atoms with E-state index in [1.807, 2.05) is 24.0 Å². The van der Waals surface area contributed by atoms with Crippen LogP contribution in [0.3, 0.4) is 0 Å². The van der Waals surface area contributed by atoms with Gasteiger partial charge >= 0.3 is 0 Å². The fourth-order valence-corrected chi connectivity index (χ4v) is 3.00. The molecular formula is C16H24N6O. The fraction of sp³-hybridized carbons (Fsp3) is 0.562. The van der Waals surface area contributed by atoms with Crippen molar-refractivity contribution in [1.29, 1.82) is 0 Å². The highest BCUT2D eigenvalue weighted by Gasteiger charge is 2.22. The summed E-state index contributed by atoms with van der Waals surface area (Å²) >= 11 is 0. The van der Waals surface area contributed by atoms with E-state index in [9.17, 15) is 4.79 Å². The molecule has 2 N–H and O–H groups in total. The van der Waals surface area contributed by atoms with E-state index in [4.69, 9.17) is 5.73 Å². The van der Waals surface area contributed by atoms with Crippen LogP contribution >= 0.6 is 0 Å². The second kappa shape index (κ2) is 6.95. The van der Waals surface area contributed by atoms with Crippen LogP contribution in [0.4, 0.5) is 5.69 Å². The summed E-state index contributed by atoms with van der Waals surface area (Å²) in [7, 11) is 0. The highest BCUT2D eigenvalue weighted by atomic mass is 16.1. The van der Waals surface area contributed by atoms with Gasteiger partial charge < -0.3 is 10.6 Å². The minimum absolute atomic E-state index is 0.0460. The zero-order valence-electron chi connectivity index (χ0n) is 13.6. The zero-order chi connectivity index (χ0) is 16.2. The molecule has 2 aromatic rings. The number of rotatable bonds is 6. The molecule has 1 saturated heterocycles. The van der Waals surface area contributed by atoms with Gasteiger partial charge in [-0.05, 0) is 37.8 Å². The lowest BCUT2D eigenvalue weighted by atomic mass is 10.1. The molecule has 0 radical (unpaired) electrons. The maximum Gasteiger partial charge on any atom is 0.268 e. The highest BCUT2D eigenvalue weighted by molar-refractivity contribution is 5.44. The van der Waals surface area contributed by atoms with Gasteiger partial charge in [0.1, 0.15) is 0 Å².